The van der Waals surface area contributed by atoms with E-state index in [0.717, 1.165) is 39.3 Å². The Bertz CT molecular complexity index is 305. The fourth-order valence-corrected chi connectivity index (χ4v) is 2.01. The number of nitrogens with zero attached hydrogens (tertiary/aromatic N) is 1. The largest absolute Gasteiger partial charge is 0.379 e. The first-order chi connectivity index (χ1) is 7.86. The summed E-state index contributed by atoms with van der Waals surface area (Å²) >= 11 is 0. The van der Waals surface area contributed by atoms with Crippen molar-refractivity contribution < 1.29 is 4.74 Å². The molecular weight excluding hydrogens is 271 g/mol. The molecule has 1 aromatic carbocycles. The Balaban J connectivity index is 0.00000144. The second kappa shape index (κ2) is 9.59. The topological polar surface area (TPSA) is 38.5 Å². The summed E-state index contributed by atoms with van der Waals surface area (Å²) in [6.45, 7) is 4.88. The van der Waals surface area contributed by atoms with Crippen LogP contribution in [0.3, 0.4) is 0 Å². The Hall–Kier alpha value is -0.320. The highest BCUT2D eigenvalue weighted by Crippen LogP contribution is 2.14. The highest BCUT2D eigenvalue weighted by Gasteiger charge is 2.12. The monoisotopic (exact) mass is 292 g/mol. The van der Waals surface area contributed by atoms with Crippen molar-refractivity contribution in [2.45, 2.75) is 12.5 Å². The smallest absolute Gasteiger partial charge is 0.0594 e. The average molecular weight is 293 g/mol. The summed E-state index contributed by atoms with van der Waals surface area (Å²) in [7, 11) is 0. The summed E-state index contributed by atoms with van der Waals surface area (Å²) in [6, 6.07) is 10.5. The number of morpholine rings is 1. The first-order valence-electron chi connectivity index (χ1n) is 5.97. The lowest BCUT2D eigenvalue weighted by atomic mass is 10.0. The van der Waals surface area contributed by atoms with E-state index >= 15 is 0 Å². The molecule has 1 aromatic rings. The number of rotatable bonds is 4. The van der Waals surface area contributed by atoms with Crippen molar-refractivity contribution in [1.29, 1.82) is 0 Å². The Morgan fingerprint density at radius 1 is 1.11 bits per heavy atom. The van der Waals surface area contributed by atoms with Crippen LogP contribution in [-0.4, -0.2) is 37.7 Å². The van der Waals surface area contributed by atoms with Gasteiger partial charge >= 0.3 is 0 Å². The molecule has 2 rings (SSSR count). The molecule has 0 spiro atoms. The fraction of sp³-hybridized carbons (Fsp3) is 0.538. The molecule has 1 fully saturated rings. The van der Waals surface area contributed by atoms with E-state index in [2.05, 4.69) is 17.0 Å². The molecule has 5 heteroatoms. The van der Waals surface area contributed by atoms with E-state index in [1.54, 1.807) is 0 Å². The molecule has 104 valence electrons. The van der Waals surface area contributed by atoms with Gasteiger partial charge in [0.25, 0.3) is 0 Å². The zero-order valence-electron chi connectivity index (χ0n) is 10.5. The summed E-state index contributed by atoms with van der Waals surface area (Å²) < 4.78 is 5.32. The first kappa shape index (κ1) is 17.7. The van der Waals surface area contributed by atoms with Crippen LogP contribution in [0.15, 0.2) is 30.3 Å². The molecule has 0 aromatic heterocycles. The number of halogens is 2. The van der Waals surface area contributed by atoms with Gasteiger partial charge in [-0.3, -0.25) is 4.90 Å². The molecule has 1 aliphatic rings. The maximum Gasteiger partial charge on any atom is 0.0594 e. The van der Waals surface area contributed by atoms with Crippen LogP contribution in [0.1, 0.15) is 18.0 Å². The van der Waals surface area contributed by atoms with Crippen molar-refractivity contribution in [1.82, 2.24) is 4.90 Å². The second-order valence-corrected chi connectivity index (χ2v) is 4.26. The molecule has 1 heterocycles. The molecule has 1 atom stereocenters. The predicted octanol–water partition coefficient (Wildman–Crippen LogP) is 2.25. The van der Waals surface area contributed by atoms with Gasteiger partial charge in [-0.25, -0.2) is 0 Å². The molecule has 1 saturated heterocycles. The molecule has 1 unspecified atom stereocenters. The van der Waals surface area contributed by atoms with Crippen molar-refractivity contribution in [2.75, 3.05) is 32.8 Å². The van der Waals surface area contributed by atoms with Gasteiger partial charge in [-0.2, -0.15) is 0 Å². The van der Waals surface area contributed by atoms with Gasteiger partial charge in [-0.1, -0.05) is 30.3 Å². The van der Waals surface area contributed by atoms with Crippen LogP contribution in [0, 0.1) is 0 Å². The molecule has 0 radical (unpaired) electrons. The van der Waals surface area contributed by atoms with E-state index in [1.807, 2.05) is 18.2 Å². The molecule has 3 nitrogen and oxygen atoms in total. The lowest BCUT2D eigenvalue weighted by Crippen LogP contribution is -2.37. The summed E-state index contributed by atoms with van der Waals surface area (Å²) in [6.07, 6.45) is 1.02. The highest BCUT2D eigenvalue weighted by molar-refractivity contribution is 5.85. The Labute approximate surface area is 121 Å². The van der Waals surface area contributed by atoms with Crippen LogP contribution in [0.4, 0.5) is 0 Å². The Kier molecular flexibility index (Phi) is 9.42. The zero-order valence-corrected chi connectivity index (χ0v) is 12.1. The summed E-state index contributed by atoms with van der Waals surface area (Å²) in [4.78, 5) is 2.42. The quantitative estimate of drug-likeness (QED) is 0.925. The maximum absolute atomic E-state index is 6.15. The van der Waals surface area contributed by atoms with Gasteiger partial charge in [0.1, 0.15) is 0 Å². The molecule has 0 aliphatic carbocycles. The zero-order chi connectivity index (χ0) is 11.2. The Morgan fingerprint density at radius 2 is 1.72 bits per heavy atom. The van der Waals surface area contributed by atoms with Crippen LogP contribution < -0.4 is 5.73 Å². The third-order valence-corrected chi connectivity index (χ3v) is 3.09. The second-order valence-electron chi connectivity index (χ2n) is 4.26. The first-order valence-corrected chi connectivity index (χ1v) is 5.97. The van der Waals surface area contributed by atoms with E-state index in [-0.39, 0.29) is 30.9 Å². The minimum absolute atomic E-state index is 0. The molecular formula is C13H22Cl2N2O. The molecule has 1 aliphatic heterocycles. The van der Waals surface area contributed by atoms with E-state index in [9.17, 15) is 0 Å². The van der Waals surface area contributed by atoms with Crippen LogP contribution in [0.5, 0.6) is 0 Å². The van der Waals surface area contributed by atoms with Crippen LogP contribution in [0.2, 0.25) is 0 Å². The van der Waals surface area contributed by atoms with Crippen molar-refractivity contribution in [3.63, 3.8) is 0 Å². The van der Waals surface area contributed by atoms with Crippen molar-refractivity contribution >= 4 is 24.8 Å². The standard InChI is InChI=1S/C13H20N2O.2ClH/c14-13(12-4-2-1-3-5-12)6-7-15-8-10-16-11-9-15;;/h1-5,13H,6-11,14H2;2*1H. The van der Waals surface area contributed by atoms with E-state index in [1.165, 1.54) is 5.56 Å². The minimum atomic E-state index is 0. The number of hydrogen-bond acceptors (Lipinski definition) is 3. The fourth-order valence-electron chi connectivity index (χ4n) is 2.01. The van der Waals surface area contributed by atoms with Crippen molar-refractivity contribution in [2.24, 2.45) is 5.73 Å². The van der Waals surface area contributed by atoms with Crippen LogP contribution in [0.25, 0.3) is 0 Å². The summed E-state index contributed by atoms with van der Waals surface area (Å²) in [5.41, 5.74) is 7.39. The SMILES string of the molecule is Cl.Cl.NC(CCN1CCOCC1)c1ccccc1. The average Bonchev–Trinajstić information content (AvgIpc) is 2.38. The van der Waals surface area contributed by atoms with E-state index < -0.39 is 0 Å². The van der Waals surface area contributed by atoms with Gasteiger partial charge in [0.05, 0.1) is 13.2 Å². The van der Waals surface area contributed by atoms with Crippen molar-refractivity contribution in [3.05, 3.63) is 35.9 Å². The van der Waals surface area contributed by atoms with Gasteiger partial charge < -0.3 is 10.5 Å². The van der Waals surface area contributed by atoms with Gasteiger partial charge in [0.15, 0.2) is 0 Å². The normalized spacial score (nSPS) is 17.4. The van der Waals surface area contributed by atoms with Crippen LogP contribution >= 0.6 is 24.8 Å². The Morgan fingerprint density at radius 3 is 2.33 bits per heavy atom. The van der Waals surface area contributed by atoms with E-state index in [4.69, 9.17) is 10.5 Å². The third kappa shape index (κ3) is 5.55. The van der Waals surface area contributed by atoms with Crippen LogP contribution in [-0.2, 0) is 4.74 Å². The van der Waals surface area contributed by atoms with Gasteiger partial charge in [0.2, 0.25) is 0 Å². The minimum Gasteiger partial charge on any atom is -0.379 e. The predicted molar refractivity (Wildman–Crippen MR) is 79.7 cm³/mol. The highest BCUT2D eigenvalue weighted by atomic mass is 35.5. The maximum atomic E-state index is 6.15. The van der Waals surface area contributed by atoms with Gasteiger partial charge in [-0.05, 0) is 12.0 Å². The molecule has 0 saturated carbocycles. The van der Waals surface area contributed by atoms with E-state index in [0.29, 0.717) is 0 Å². The summed E-state index contributed by atoms with van der Waals surface area (Å²) in [5.74, 6) is 0. The third-order valence-electron chi connectivity index (χ3n) is 3.09. The van der Waals surface area contributed by atoms with Gasteiger partial charge in [-0.15, -0.1) is 24.8 Å². The van der Waals surface area contributed by atoms with Gasteiger partial charge in [0, 0.05) is 25.7 Å². The lowest BCUT2D eigenvalue weighted by Gasteiger charge is -2.27. The molecule has 18 heavy (non-hydrogen) atoms. The lowest BCUT2D eigenvalue weighted by molar-refractivity contribution is 0.0366. The van der Waals surface area contributed by atoms with Crippen molar-refractivity contribution in [3.8, 4) is 0 Å². The number of ether oxygens (including phenoxy) is 1. The number of hydrogen-bond donors (Lipinski definition) is 1. The molecule has 2 N–H and O–H groups in total. The number of benzene rings is 1. The molecule has 0 bridgehead atoms. The number of nitrogens with two attached hydrogens (primary N) is 1. The molecule has 0 amide bonds. The summed E-state index contributed by atoms with van der Waals surface area (Å²) in [5, 5.41) is 0.